The molecule has 1 saturated heterocycles. The number of phosphoric acid groups is 3. The zero-order valence-corrected chi connectivity index (χ0v) is 17.1. The minimum atomic E-state index is -5.70. The van der Waals surface area contributed by atoms with E-state index in [0.717, 1.165) is 0 Å². The van der Waals surface area contributed by atoms with Crippen LogP contribution in [0.2, 0.25) is 0 Å². The zero-order chi connectivity index (χ0) is 22.5. The minimum absolute atomic E-state index is 0.0476. The van der Waals surface area contributed by atoms with E-state index in [1.807, 2.05) is 0 Å². The predicted molar refractivity (Wildman–Crippen MR) is 93.9 cm³/mol. The number of ether oxygens (including phenoxy) is 1. The number of nitrogen functional groups attached to an aromatic ring is 2. The number of anilines is 2. The first-order chi connectivity index (χ1) is 13.7. The van der Waals surface area contributed by atoms with Crippen LogP contribution in [0.4, 0.5) is 11.8 Å². The molecule has 3 rings (SSSR count). The van der Waals surface area contributed by atoms with Crippen LogP contribution in [-0.4, -0.2) is 63.0 Å². The Morgan fingerprint density at radius 1 is 1.10 bits per heavy atom. The smallest absolute Gasteiger partial charge is 0.386 e. The summed E-state index contributed by atoms with van der Waals surface area (Å²) in [5, 5.41) is 10.4. The molecule has 0 radical (unpaired) electrons. The Hall–Kier alpha value is -1.52. The van der Waals surface area contributed by atoms with Gasteiger partial charge < -0.3 is 40.9 Å². The van der Waals surface area contributed by atoms with Crippen LogP contribution < -0.4 is 11.5 Å². The number of aliphatic hydroxyl groups excluding tert-OH is 1. The highest BCUT2D eigenvalue weighted by molar-refractivity contribution is 7.66. The van der Waals surface area contributed by atoms with Crippen molar-refractivity contribution in [2.75, 3.05) is 18.1 Å². The number of hydrogen-bond acceptors (Lipinski definition) is 13. The lowest BCUT2D eigenvalue weighted by Crippen LogP contribution is -2.30. The molecule has 18 nitrogen and oxygen atoms in total. The summed E-state index contributed by atoms with van der Waals surface area (Å²) in [7, 11) is -16.7. The largest absolute Gasteiger partial charge is 0.490 e. The number of rotatable bonds is 7. The molecule has 2 aromatic heterocycles. The molecule has 1 aliphatic heterocycles. The number of hydrogen-bond donors (Lipinski definition) is 7. The van der Waals surface area contributed by atoms with Crippen molar-refractivity contribution in [3.05, 3.63) is 6.33 Å². The third kappa shape index (κ3) is 5.20. The molecule has 1 aliphatic rings. The van der Waals surface area contributed by atoms with Crippen LogP contribution >= 0.6 is 23.5 Å². The van der Waals surface area contributed by atoms with E-state index in [-0.39, 0.29) is 22.9 Å². The molecule has 1 fully saturated rings. The highest BCUT2D eigenvalue weighted by Crippen LogP contribution is 2.66. The molecule has 0 aliphatic carbocycles. The van der Waals surface area contributed by atoms with Crippen LogP contribution in [0.5, 0.6) is 0 Å². The van der Waals surface area contributed by atoms with E-state index in [4.69, 9.17) is 30.9 Å². The summed E-state index contributed by atoms with van der Waals surface area (Å²) in [4.78, 5) is 47.4. The monoisotopic (exact) mass is 492 g/mol. The molecule has 30 heavy (non-hydrogen) atoms. The summed E-state index contributed by atoms with van der Waals surface area (Å²) in [6.07, 6.45) is -3.34. The summed E-state index contributed by atoms with van der Waals surface area (Å²) in [5.41, 5.74) is 11.4. The van der Waals surface area contributed by atoms with Gasteiger partial charge in [0.05, 0.1) is 12.9 Å². The quantitative estimate of drug-likeness (QED) is 0.218. The Morgan fingerprint density at radius 3 is 2.40 bits per heavy atom. The van der Waals surface area contributed by atoms with E-state index < -0.39 is 48.5 Å². The van der Waals surface area contributed by atoms with E-state index in [1.54, 1.807) is 0 Å². The molecule has 0 spiro atoms. The van der Waals surface area contributed by atoms with Crippen LogP contribution in [0.3, 0.4) is 0 Å². The number of fused-ring (bicyclic) bond motifs is 1. The van der Waals surface area contributed by atoms with Crippen molar-refractivity contribution in [1.29, 1.82) is 0 Å². The molecule has 9 N–H and O–H groups in total. The Labute approximate surface area is 165 Å². The fourth-order valence-corrected chi connectivity index (χ4v) is 5.71. The van der Waals surface area contributed by atoms with Gasteiger partial charge in [-0.3, -0.25) is 9.09 Å². The van der Waals surface area contributed by atoms with Crippen molar-refractivity contribution in [2.45, 2.75) is 18.4 Å². The lowest BCUT2D eigenvalue weighted by atomic mass is 10.2. The third-order valence-corrected chi connectivity index (χ3v) is 7.39. The number of nitrogens with two attached hydrogens (primary N) is 2. The lowest BCUT2D eigenvalue weighted by molar-refractivity contribution is -0.0161. The molecule has 0 bridgehead atoms. The van der Waals surface area contributed by atoms with Crippen molar-refractivity contribution in [2.24, 2.45) is 0 Å². The van der Waals surface area contributed by atoms with Gasteiger partial charge in [0.2, 0.25) is 5.95 Å². The first-order valence-corrected chi connectivity index (χ1v) is 12.1. The molecule has 3 heterocycles. The van der Waals surface area contributed by atoms with E-state index in [9.17, 15) is 23.7 Å². The van der Waals surface area contributed by atoms with Crippen molar-refractivity contribution >= 4 is 46.4 Å². The number of imidazole rings is 1. The van der Waals surface area contributed by atoms with Crippen LogP contribution in [0.15, 0.2) is 6.33 Å². The van der Waals surface area contributed by atoms with Gasteiger partial charge in [0, 0.05) is 0 Å². The maximum atomic E-state index is 11.9. The van der Waals surface area contributed by atoms with Crippen molar-refractivity contribution in [3.63, 3.8) is 0 Å². The average Bonchev–Trinajstić information content (AvgIpc) is 3.07. The summed E-state index contributed by atoms with van der Waals surface area (Å²) >= 11 is 0. The lowest BCUT2D eigenvalue weighted by Gasteiger charge is -2.21. The number of aliphatic hydroxyl groups is 1. The molecule has 2 aromatic rings. The summed E-state index contributed by atoms with van der Waals surface area (Å²) < 4.78 is 52.2. The first-order valence-electron chi connectivity index (χ1n) is 7.55. The van der Waals surface area contributed by atoms with Crippen LogP contribution in [0.25, 0.3) is 11.2 Å². The summed E-state index contributed by atoms with van der Waals surface area (Å²) in [5.74, 6) is -0.243. The summed E-state index contributed by atoms with van der Waals surface area (Å²) in [6.45, 7) is -0.509. The van der Waals surface area contributed by atoms with Crippen molar-refractivity contribution in [3.8, 4) is 0 Å². The third-order valence-electron chi connectivity index (χ3n) is 3.53. The predicted octanol–water partition coefficient (Wildman–Crippen LogP) is -1.41. The molecule has 21 heteroatoms. The highest BCUT2D eigenvalue weighted by atomic mass is 31.3. The fraction of sp³-hybridized carbons (Fsp3) is 0.444. The topological polar surface area (TPSA) is 285 Å². The van der Waals surface area contributed by atoms with Gasteiger partial charge in [-0.15, -0.1) is 0 Å². The SMILES string of the molecule is Nc1nc(N)c2ncn([C@@H]3OCC(OP(=O)(O)OP(=O)(O)OP(=O)(O)O)C3O)c2n1. The number of phosphoric ester groups is 1. The van der Waals surface area contributed by atoms with E-state index in [1.165, 1.54) is 10.9 Å². The van der Waals surface area contributed by atoms with Crippen molar-refractivity contribution < 1.29 is 56.3 Å². The molecule has 168 valence electrons. The molecule has 0 aromatic carbocycles. The molecule has 0 saturated carbocycles. The standard InChI is InChI=1S/C9H15N6O12P3/c10-6-4-7(14-9(11)13-6)15(2-12-4)8-5(16)3(1-24-8)25-29(20,21)27-30(22,23)26-28(17,18)19/h2-3,5,8,16H,1H2,(H,20,21)(H,22,23)(H2,17,18,19)(H4,10,11,13,14)/t3?,5?,8-/m1/s1. The van der Waals surface area contributed by atoms with E-state index >= 15 is 0 Å². The Balaban J connectivity index is 1.76. The Morgan fingerprint density at radius 2 is 1.77 bits per heavy atom. The normalized spacial score (nSPS) is 26.5. The molecular formula is C9H15N6O12P3. The van der Waals surface area contributed by atoms with Crippen LogP contribution in [-0.2, 0) is 31.6 Å². The van der Waals surface area contributed by atoms with Crippen molar-refractivity contribution in [1.82, 2.24) is 19.5 Å². The minimum Gasteiger partial charge on any atom is -0.386 e. The second-order valence-corrected chi connectivity index (χ2v) is 10.1. The van der Waals surface area contributed by atoms with Gasteiger partial charge in [0.1, 0.15) is 17.7 Å². The Bertz CT molecular complexity index is 1100. The van der Waals surface area contributed by atoms with Gasteiger partial charge in [-0.1, -0.05) is 0 Å². The molecule has 4 unspecified atom stereocenters. The van der Waals surface area contributed by atoms with Gasteiger partial charge >= 0.3 is 23.5 Å². The number of aromatic nitrogens is 4. The van der Waals surface area contributed by atoms with E-state index in [0.29, 0.717) is 0 Å². The van der Waals surface area contributed by atoms with E-state index in [2.05, 4.69) is 28.1 Å². The van der Waals surface area contributed by atoms with Crippen LogP contribution in [0.1, 0.15) is 6.23 Å². The van der Waals surface area contributed by atoms with Crippen LogP contribution in [0, 0.1) is 0 Å². The second kappa shape index (κ2) is 7.87. The Kier molecular flexibility index (Phi) is 6.07. The maximum Gasteiger partial charge on any atom is 0.490 e. The summed E-state index contributed by atoms with van der Waals surface area (Å²) in [6, 6.07) is 0. The average molecular weight is 492 g/mol. The second-order valence-electron chi connectivity index (χ2n) is 5.74. The fourth-order valence-electron chi connectivity index (χ4n) is 2.52. The van der Waals surface area contributed by atoms with Gasteiger partial charge in [0.15, 0.2) is 17.7 Å². The van der Waals surface area contributed by atoms with Gasteiger partial charge in [0.25, 0.3) is 0 Å². The highest BCUT2D eigenvalue weighted by Gasteiger charge is 2.46. The van der Waals surface area contributed by atoms with Gasteiger partial charge in [-0.05, 0) is 0 Å². The molecular weight excluding hydrogens is 477 g/mol. The van der Waals surface area contributed by atoms with Gasteiger partial charge in [-0.2, -0.15) is 18.6 Å². The zero-order valence-electron chi connectivity index (χ0n) is 14.4. The molecule has 5 atom stereocenters. The number of nitrogens with zero attached hydrogens (tertiary/aromatic N) is 4. The first kappa shape index (κ1) is 23.1. The molecule has 0 amide bonds. The van der Waals surface area contributed by atoms with Gasteiger partial charge in [-0.25, -0.2) is 18.7 Å². The maximum absolute atomic E-state index is 11.9.